The molecule has 2 N–H and O–H groups in total. The van der Waals surface area contributed by atoms with Crippen molar-refractivity contribution in [1.82, 2.24) is 4.90 Å². The number of hydrogen-bond acceptors (Lipinski definition) is 4. The van der Waals surface area contributed by atoms with E-state index in [0.717, 1.165) is 0 Å². The quantitative estimate of drug-likeness (QED) is 0.636. The van der Waals surface area contributed by atoms with Crippen LogP contribution >= 0.6 is 0 Å². The summed E-state index contributed by atoms with van der Waals surface area (Å²) >= 11 is 0. The van der Waals surface area contributed by atoms with Crippen LogP contribution in [0.5, 0.6) is 11.5 Å². The molecule has 0 aliphatic heterocycles. The summed E-state index contributed by atoms with van der Waals surface area (Å²) in [6, 6.07) is 9.68. The van der Waals surface area contributed by atoms with E-state index in [9.17, 15) is 14.0 Å². The number of nitrogens with two attached hydrogens (primary N) is 1. The van der Waals surface area contributed by atoms with Crippen LogP contribution < -0.4 is 15.2 Å². The van der Waals surface area contributed by atoms with Crippen LogP contribution in [0.15, 0.2) is 48.5 Å². The molecule has 0 radical (unpaired) electrons. The topological polar surface area (TPSA) is 81.9 Å². The molecule has 2 aromatic carbocycles. The van der Waals surface area contributed by atoms with Gasteiger partial charge in [-0.15, -0.1) is 0 Å². The lowest BCUT2D eigenvalue weighted by Gasteiger charge is -2.25. The first-order chi connectivity index (χ1) is 14.2. The molecule has 0 aromatic heterocycles. The molecular formula is C23H27FN2O4. The number of rotatable bonds is 9. The van der Waals surface area contributed by atoms with Crippen molar-refractivity contribution in [2.45, 2.75) is 19.9 Å². The minimum atomic E-state index is -1.08. The lowest BCUT2D eigenvalue weighted by molar-refractivity contribution is -0.134. The van der Waals surface area contributed by atoms with Gasteiger partial charge in [0.15, 0.2) is 11.5 Å². The molecule has 0 aliphatic carbocycles. The van der Waals surface area contributed by atoms with Crippen molar-refractivity contribution in [2.24, 2.45) is 11.7 Å². The summed E-state index contributed by atoms with van der Waals surface area (Å²) in [6.07, 6.45) is 2.91. The number of halogens is 1. The first-order valence-corrected chi connectivity index (χ1v) is 9.53. The van der Waals surface area contributed by atoms with Crippen molar-refractivity contribution in [3.05, 3.63) is 65.5 Å². The van der Waals surface area contributed by atoms with Crippen LogP contribution in [0.3, 0.4) is 0 Å². The van der Waals surface area contributed by atoms with Gasteiger partial charge < -0.3 is 20.1 Å². The van der Waals surface area contributed by atoms with E-state index in [2.05, 4.69) is 13.8 Å². The van der Waals surface area contributed by atoms with E-state index in [1.54, 1.807) is 37.5 Å². The maximum atomic E-state index is 13.5. The molecule has 0 bridgehead atoms. The standard InChI is InChI=1S/C23H27FN2O4/c1-15(2)14-30-19-10-8-16(12-20(19)29-4)9-11-21(27)26(3)22(23(25)28)17-6-5-7-18(24)13-17/h5-13,15,22H,14H2,1-4H3,(H2,25,28)/b11-9+. The van der Waals surface area contributed by atoms with Gasteiger partial charge in [-0.1, -0.05) is 32.0 Å². The minimum Gasteiger partial charge on any atom is -0.493 e. The van der Waals surface area contributed by atoms with Crippen molar-refractivity contribution in [2.75, 3.05) is 20.8 Å². The van der Waals surface area contributed by atoms with Crippen molar-refractivity contribution in [1.29, 1.82) is 0 Å². The zero-order valence-corrected chi connectivity index (χ0v) is 17.6. The molecular weight excluding hydrogens is 387 g/mol. The van der Waals surface area contributed by atoms with E-state index in [-0.39, 0.29) is 0 Å². The maximum Gasteiger partial charge on any atom is 0.247 e. The molecule has 0 aliphatic rings. The van der Waals surface area contributed by atoms with E-state index >= 15 is 0 Å². The summed E-state index contributed by atoms with van der Waals surface area (Å²) in [5.74, 6) is -0.179. The Balaban J connectivity index is 2.18. The average Bonchev–Trinajstić information content (AvgIpc) is 2.70. The second-order valence-electron chi connectivity index (χ2n) is 7.26. The smallest absolute Gasteiger partial charge is 0.247 e. The molecule has 0 saturated heterocycles. The van der Waals surface area contributed by atoms with Crippen LogP contribution in [-0.2, 0) is 9.59 Å². The predicted molar refractivity (Wildman–Crippen MR) is 113 cm³/mol. The third-order valence-electron chi connectivity index (χ3n) is 4.35. The number of likely N-dealkylation sites (N-methyl/N-ethyl adjacent to an activating group) is 1. The largest absolute Gasteiger partial charge is 0.493 e. The van der Waals surface area contributed by atoms with Gasteiger partial charge >= 0.3 is 0 Å². The van der Waals surface area contributed by atoms with Crippen LogP contribution in [0, 0.1) is 11.7 Å². The number of carbonyl (C=O) groups excluding carboxylic acids is 2. The fraction of sp³-hybridized carbons (Fsp3) is 0.304. The van der Waals surface area contributed by atoms with Crippen LogP contribution in [0.1, 0.15) is 31.0 Å². The van der Waals surface area contributed by atoms with Gasteiger partial charge in [-0.3, -0.25) is 9.59 Å². The molecule has 1 unspecified atom stereocenters. The number of methoxy groups -OCH3 is 1. The second kappa shape index (κ2) is 10.4. The first-order valence-electron chi connectivity index (χ1n) is 9.53. The summed E-state index contributed by atoms with van der Waals surface area (Å²) in [6.45, 7) is 4.66. The number of amides is 2. The molecule has 6 nitrogen and oxygen atoms in total. The normalized spacial score (nSPS) is 12.1. The highest BCUT2D eigenvalue weighted by Gasteiger charge is 2.25. The molecule has 0 fully saturated rings. The predicted octanol–water partition coefficient (Wildman–Crippen LogP) is 3.57. The summed E-state index contributed by atoms with van der Waals surface area (Å²) in [5, 5.41) is 0. The van der Waals surface area contributed by atoms with Crippen LogP contribution in [0.2, 0.25) is 0 Å². The number of nitrogens with zero attached hydrogens (tertiary/aromatic N) is 1. The maximum absolute atomic E-state index is 13.5. The molecule has 2 aromatic rings. The Kier molecular flexibility index (Phi) is 7.98. The fourth-order valence-electron chi connectivity index (χ4n) is 2.83. The van der Waals surface area contributed by atoms with E-state index in [4.69, 9.17) is 15.2 Å². The third kappa shape index (κ3) is 6.07. The number of ether oxygens (including phenoxy) is 2. The number of benzene rings is 2. The zero-order chi connectivity index (χ0) is 22.3. The average molecular weight is 414 g/mol. The molecule has 7 heteroatoms. The van der Waals surface area contributed by atoms with Crippen molar-refractivity contribution in [3.63, 3.8) is 0 Å². The third-order valence-corrected chi connectivity index (χ3v) is 4.35. The van der Waals surface area contributed by atoms with Crippen LogP contribution in [0.25, 0.3) is 6.08 Å². The lowest BCUT2D eigenvalue weighted by Crippen LogP contribution is -2.38. The van der Waals surface area contributed by atoms with Gasteiger partial charge in [-0.2, -0.15) is 0 Å². The number of primary amides is 1. The lowest BCUT2D eigenvalue weighted by atomic mass is 10.0. The SMILES string of the molecule is COc1cc(/C=C/C(=O)N(C)C(C(N)=O)c2cccc(F)c2)ccc1OCC(C)C. The summed E-state index contributed by atoms with van der Waals surface area (Å²) in [7, 11) is 2.98. The zero-order valence-electron chi connectivity index (χ0n) is 17.6. The second-order valence-corrected chi connectivity index (χ2v) is 7.26. The van der Waals surface area contributed by atoms with Crippen LogP contribution in [0.4, 0.5) is 4.39 Å². The Morgan fingerprint density at radius 3 is 2.50 bits per heavy atom. The van der Waals surface area contributed by atoms with Crippen molar-refractivity contribution >= 4 is 17.9 Å². The van der Waals surface area contributed by atoms with Crippen LogP contribution in [-0.4, -0.2) is 37.5 Å². The summed E-state index contributed by atoms with van der Waals surface area (Å²) in [5.41, 5.74) is 6.48. The van der Waals surface area contributed by atoms with E-state index in [1.807, 2.05) is 0 Å². The number of hydrogen-bond donors (Lipinski definition) is 1. The van der Waals surface area contributed by atoms with Gasteiger partial charge in [-0.05, 0) is 47.4 Å². The van der Waals surface area contributed by atoms with Gasteiger partial charge in [-0.25, -0.2) is 4.39 Å². The Hall–Kier alpha value is -3.35. The van der Waals surface area contributed by atoms with Crippen molar-refractivity contribution in [3.8, 4) is 11.5 Å². The highest BCUT2D eigenvalue weighted by molar-refractivity contribution is 5.95. The Morgan fingerprint density at radius 1 is 1.17 bits per heavy atom. The fourth-order valence-corrected chi connectivity index (χ4v) is 2.83. The van der Waals surface area contributed by atoms with Gasteiger partial charge in [0.05, 0.1) is 13.7 Å². The molecule has 1 atom stereocenters. The number of carbonyl (C=O) groups is 2. The van der Waals surface area contributed by atoms with Gasteiger partial charge in [0.25, 0.3) is 0 Å². The van der Waals surface area contributed by atoms with Gasteiger partial charge in [0.1, 0.15) is 11.9 Å². The summed E-state index contributed by atoms with van der Waals surface area (Å²) in [4.78, 5) is 25.7. The Morgan fingerprint density at radius 2 is 1.90 bits per heavy atom. The molecule has 2 rings (SSSR count). The Bertz CT molecular complexity index is 927. The summed E-state index contributed by atoms with van der Waals surface area (Å²) < 4.78 is 24.6. The first kappa shape index (κ1) is 22.9. The van der Waals surface area contributed by atoms with Gasteiger partial charge in [0.2, 0.25) is 11.8 Å². The molecule has 0 saturated carbocycles. The molecule has 2 amide bonds. The molecule has 0 heterocycles. The molecule has 30 heavy (non-hydrogen) atoms. The minimum absolute atomic E-state index is 0.306. The monoisotopic (exact) mass is 414 g/mol. The highest BCUT2D eigenvalue weighted by atomic mass is 19.1. The van der Waals surface area contributed by atoms with E-state index in [0.29, 0.717) is 35.2 Å². The van der Waals surface area contributed by atoms with E-state index < -0.39 is 23.7 Å². The molecule has 0 spiro atoms. The molecule has 160 valence electrons. The van der Waals surface area contributed by atoms with E-state index in [1.165, 1.54) is 36.2 Å². The highest BCUT2D eigenvalue weighted by Crippen LogP contribution is 2.29. The van der Waals surface area contributed by atoms with Gasteiger partial charge in [0, 0.05) is 13.1 Å². The van der Waals surface area contributed by atoms with Crippen molar-refractivity contribution < 1.29 is 23.5 Å². The Labute approximate surface area is 176 Å².